The summed E-state index contributed by atoms with van der Waals surface area (Å²) in [4.78, 5) is 15.8. The van der Waals surface area contributed by atoms with E-state index in [-0.39, 0.29) is 10.8 Å². The summed E-state index contributed by atoms with van der Waals surface area (Å²) in [7, 11) is 0. The van der Waals surface area contributed by atoms with Crippen molar-refractivity contribution in [2.24, 2.45) is 0 Å². The molecule has 3 aromatic heterocycles. The number of rotatable bonds is 4. The van der Waals surface area contributed by atoms with Gasteiger partial charge in [0.2, 0.25) is 5.95 Å². The Morgan fingerprint density at radius 1 is 0.509 bits per heavy atom. The van der Waals surface area contributed by atoms with E-state index in [2.05, 4.69) is 173 Å². The highest BCUT2D eigenvalue weighted by Gasteiger charge is 2.23. The van der Waals surface area contributed by atoms with Crippen LogP contribution in [0.3, 0.4) is 0 Å². The molecule has 55 heavy (non-hydrogen) atoms. The molecule has 3 heterocycles. The van der Waals surface area contributed by atoms with Gasteiger partial charge in [0.05, 0.1) is 39.4 Å². The van der Waals surface area contributed by atoms with Crippen molar-refractivity contribution in [2.45, 2.75) is 59.3 Å². The van der Waals surface area contributed by atoms with Crippen molar-refractivity contribution in [1.29, 1.82) is 5.26 Å². The molecule has 0 aliphatic carbocycles. The van der Waals surface area contributed by atoms with E-state index in [1.165, 1.54) is 27.5 Å². The van der Waals surface area contributed by atoms with Gasteiger partial charge in [0.1, 0.15) is 0 Å². The Kier molecular flexibility index (Phi) is 7.77. The standard InChI is InChI=1S/C49H42N6/c1-30-16-23-42-37(26-30)38-28-34(49(5,6)7)22-25-43(38)54(42)44-24-17-31(29-50)27-39(44)46-51-45(32-18-20-33(21-19-32)48(2,3)4)52-47(53-46)55-40-14-10-8-12-35(40)36-13-9-11-15-41(36)55/h8-28H,1-7H3. The van der Waals surface area contributed by atoms with E-state index >= 15 is 0 Å². The fraction of sp³-hybridized carbons (Fsp3) is 0.184. The number of fused-ring (bicyclic) bond motifs is 6. The van der Waals surface area contributed by atoms with Crippen LogP contribution in [0.5, 0.6) is 0 Å². The molecule has 0 saturated heterocycles. The molecular formula is C49H42N6. The van der Waals surface area contributed by atoms with Crippen molar-refractivity contribution in [3.8, 4) is 40.5 Å². The molecule has 9 rings (SSSR count). The van der Waals surface area contributed by atoms with Gasteiger partial charge in [0, 0.05) is 32.7 Å². The van der Waals surface area contributed by atoms with Crippen molar-refractivity contribution in [1.82, 2.24) is 24.1 Å². The monoisotopic (exact) mass is 714 g/mol. The molecule has 268 valence electrons. The molecular weight excluding hydrogens is 673 g/mol. The second kappa shape index (κ2) is 12.5. The molecule has 0 spiro atoms. The minimum atomic E-state index is -0.0123. The van der Waals surface area contributed by atoms with Gasteiger partial charge >= 0.3 is 0 Å². The van der Waals surface area contributed by atoms with Crippen LogP contribution in [0.25, 0.3) is 78.0 Å². The van der Waals surface area contributed by atoms with E-state index in [0.717, 1.165) is 49.7 Å². The second-order valence-electron chi connectivity index (χ2n) is 16.7. The fourth-order valence-corrected chi connectivity index (χ4v) is 7.81. The number of nitriles is 1. The topological polar surface area (TPSA) is 72.3 Å². The van der Waals surface area contributed by atoms with E-state index in [0.29, 0.717) is 23.2 Å². The number of hydrogen-bond acceptors (Lipinski definition) is 4. The highest BCUT2D eigenvalue weighted by molar-refractivity contribution is 6.11. The zero-order chi connectivity index (χ0) is 38.2. The highest BCUT2D eigenvalue weighted by Crippen LogP contribution is 2.39. The number of aryl methyl sites for hydroxylation is 1. The molecule has 0 saturated carbocycles. The summed E-state index contributed by atoms with van der Waals surface area (Å²) in [5.74, 6) is 1.56. The lowest BCUT2D eigenvalue weighted by Crippen LogP contribution is -2.11. The SMILES string of the molecule is Cc1ccc2c(c1)c1cc(C(C)(C)C)ccc1n2-c1ccc(C#N)cc1-c1nc(-c2ccc(C(C)(C)C)cc2)nc(-n2c3ccccc3c3ccccc32)n1. The first-order chi connectivity index (χ1) is 26.4. The van der Waals surface area contributed by atoms with E-state index in [4.69, 9.17) is 15.0 Å². The molecule has 6 heteroatoms. The lowest BCUT2D eigenvalue weighted by Gasteiger charge is -2.20. The predicted molar refractivity (Wildman–Crippen MR) is 226 cm³/mol. The molecule has 0 N–H and O–H groups in total. The van der Waals surface area contributed by atoms with Crippen molar-refractivity contribution in [3.05, 3.63) is 150 Å². The predicted octanol–water partition coefficient (Wildman–Crippen LogP) is 12.2. The highest BCUT2D eigenvalue weighted by atomic mass is 15.2. The number of para-hydroxylation sites is 2. The third-order valence-electron chi connectivity index (χ3n) is 10.8. The summed E-state index contributed by atoms with van der Waals surface area (Å²) in [6.45, 7) is 15.5. The molecule has 0 atom stereocenters. The minimum absolute atomic E-state index is 0.00193. The molecule has 6 nitrogen and oxygen atoms in total. The van der Waals surface area contributed by atoms with E-state index in [1.807, 2.05) is 18.2 Å². The normalized spacial score (nSPS) is 12.3. The molecule has 0 bridgehead atoms. The van der Waals surface area contributed by atoms with Gasteiger partial charge in [-0.2, -0.15) is 15.2 Å². The van der Waals surface area contributed by atoms with Crippen LogP contribution in [0.2, 0.25) is 0 Å². The number of aromatic nitrogens is 5. The van der Waals surface area contributed by atoms with Crippen molar-refractivity contribution >= 4 is 43.6 Å². The molecule has 9 aromatic rings. The zero-order valence-corrected chi connectivity index (χ0v) is 32.3. The van der Waals surface area contributed by atoms with Crippen molar-refractivity contribution in [3.63, 3.8) is 0 Å². The van der Waals surface area contributed by atoms with E-state index in [9.17, 15) is 5.26 Å². The summed E-state index contributed by atoms with van der Waals surface area (Å²) in [5, 5.41) is 14.9. The van der Waals surface area contributed by atoms with Crippen molar-refractivity contribution in [2.75, 3.05) is 0 Å². The van der Waals surface area contributed by atoms with E-state index in [1.54, 1.807) is 0 Å². The van der Waals surface area contributed by atoms with Crippen LogP contribution in [0.1, 0.15) is 63.8 Å². The second-order valence-corrected chi connectivity index (χ2v) is 16.7. The lowest BCUT2D eigenvalue weighted by molar-refractivity contribution is 0.590. The van der Waals surface area contributed by atoms with Crippen LogP contribution in [0, 0.1) is 18.3 Å². The minimum Gasteiger partial charge on any atom is -0.308 e. The van der Waals surface area contributed by atoms with Gasteiger partial charge in [-0.3, -0.25) is 4.57 Å². The first kappa shape index (κ1) is 34.2. The van der Waals surface area contributed by atoms with Crippen LogP contribution in [0.15, 0.2) is 127 Å². The van der Waals surface area contributed by atoms with Crippen molar-refractivity contribution < 1.29 is 0 Å². The molecule has 0 fully saturated rings. The number of hydrogen-bond donors (Lipinski definition) is 0. The molecule has 0 radical (unpaired) electrons. The van der Waals surface area contributed by atoms with Gasteiger partial charge in [-0.25, -0.2) is 4.98 Å². The number of nitrogens with zero attached hydrogens (tertiary/aromatic N) is 6. The van der Waals surface area contributed by atoms with Crippen LogP contribution in [-0.2, 0) is 10.8 Å². The summed E-state index contributed by atoms with van der Waals surface area (Å²) in [6.07, 6.45) is 0. The third-order valence-corrected chi connectivity index (χ3v) is 10.8. The van der Waals surface area contributed by atoms with Gasteiger partial charge in [0.15, 0.2) is 11.6 Å². The lowest BCUT2D eigenvalue weighted by atomic mass is 9.86. The summed E-state index contributed by atoms with van der Waals surface area (Å²) in [6, 6.07) is 46.9. The van der Waals surface area contributed by atoms with E-state index < -0.39 is 0 Å². The van der Waals surface area contributed by atoms with Gasteiger partial charge in [-0.15, -0.1) is 0 Å². The Bertz CT molecular complexity index is 2960. The quantitative estimate of drug-likeness (QED) is 0.182. The van der Waals surface area contributed by atoms with Gasteiger partial charge in [-0.05, 0) is 83.5 Å². The Hall–Kier alpha value is -6.58. The molecule has 6 aromatic carbocycles. The fourth-order valence-electron chi connectivity index (χ4n) is 7.81. The Labute approximate surface area is 321 Å². The van der Waals surface area contributed by atoms with Crippen LogP contribution < -0.4 is 0 Å². The first-order valence-corrected chi connectivity index (χ1v) is 18.8. The average Bonchev–Trinajstić information content (AvgIpc) is 3.69. The van der Waals surface area contributed by atoms with Gasteiger partial charge in [0.25, 0.3) is 0 Å². The molecule has 0 aliphatic rings. The zero-order valence-electron chi connectivity index (χ0n) is 32.3. The van der Waals surface area contributed by atoms with Crippen LogP contribution in [-0.4, -0.2) is 24.1 Å². The molecule has 0 aliphatic heterocycles. The molecule has 0 unspecified atom stereocenters. The summed E-state index contributed by atoms with van der Waals surface area (Å²) >= 11 is 0. The number of benzene rings is 6. The maximum atomic E-state index is 10.3. The van der Waals surface area contributed by atoms with Crippen LogP contribution >= 0.6 is 0 Å². The largest absolute Gasteiger partial charge is 0.308 e. The first-order valence-electron chi connectivity index (χ1n) is 18.8. The summed E-state index contributed by atoms with van der Waals surface area (Å²) in [5.41, 5.74) is 10.9. The Morgan fingerprint density at radius 2 is 1.07 bits per heavy atom. The Morgan fingerprint density at radius 3 is 1.71 bits per heavy atom. The van der Waals surface area contributed by atoms with Gasteiger partial charge < -0.3 is 4.57 Å². The summed E-state index contributed by atoms with van der Waals surface area (Å²) < 4.78 is 4.43. The van der Waals surface area contributed by atoms with Crippen LogP contribution in [0.4, 0.5) is 0 Å². The van der Waals surface area contributed by atoms with Gasteiger partial charge in [-0.1, -0.05) is 120 Å². The molecule has 0 amide bonds. The maximum Gasteiger partial charge on any atom is 0.238 e. The third kappa shape index (κ3) is 5.75. The average molecular weight is 715 g/mol. The Balaban J connectivity index is 1.36. The maximum absolute atomic E-state index is 10.3. The smallest absolute Gasteiger partial charge is 0.238 e.